The van der Waals surface area contributed by atoms with E-state index in [-0.39, 0.29) is 4.90 Å². The molecule has 1 aromatic carbocycles. The molecule has 7 nitrogen and oxygen atoms in total. The molecular weight excluding hydrogens is 340 g/mol. The van der Waals surface area contributed by atoms with Crippen LogP contribution < -0.4 is 4.72 Å². The summed E-state index contributed by atoms with van der Waals surface area (Å²) in [7, 11) is -2.04. The molecule has 0 amide bonds. The van der Waals surface area contributed by atoms with Gasteiger partial charge in [-0.3, -0.25) is 4.68 Å². The van der Waals surface area contributed by atoms with Crippen molar-refractivity contribution in [1.82, 2.24) is 14.5 Å². The largest absolute Gasteiger partial charge is 0.381 e. The van der Waals surface area contributed by atoms with E-state index in [0.717, 1.165) is 5.56 Å². The van der Waals surface area contributed by atoms with Crippen molar-refractivity contribution in [3.8, 4) is 6.07 Å². The van der Waals surface area contributed by atoms with Crippen LogP contribution in [0.1, 0.15) is 29.7 Å². The Balaban J connectivity index is 2.01. The highest BCUT2D eigenvalue weighted by atomic mass is 32.2. The van der Waals surface area contributed by atoms with E-state index in [1.165, 1.54) is 10.9 Å². The van der Waals surface area contributed by atoms with Crippen molar-refractivity contribution in [3.63, 3.8) is 0 Å². The summed E-state index contributed by atoms with van der Waals surface area (Å²) >= 11 is 0. The Bertz CT molecular complexity index is 904. The number of ether oxygens (including phenoxy) is 1. The Kier molecular flexibility index (Phi) is 4.64. The second-order valence-corrected chi connectivity index (χ2v) is 7.86. The highest BCUT2D eigenvalue weighted by molar-refractivity contribution is 7.89. The average Bonchev–Trinajstić information content (AvgIpc) is 2.95. The molecule has 1 N–H and O–H groups in total. The van der Waals surface area contributed by atoms with Gasteiger partial charge in [0.05, 0.1) is 29.1 Å². The number of aromatic nitrogens is 2. The SMILES string of the molecule is Cc1c(S(=O)(=O)NC2(c3ccc(C#N)cc3)CCOCC2)cnn1C. The molecule has 0 atom stereocenters. The van der Waals surface area contributed by atoms with Crippen LogP contribution in [0.2, 0.25) is 0 Å². The van der Waals surface area contributed by atoms with Crippen LogP contribution in [0, 0.1) is 18.3 Å². The molecule has 0 radical (unpaired) electrons. The topological polar surface area (TPSA) is 97.0 Å². The van der Waals surface area contributed by atoms with Gasteiger partial charge in [-0.2, -0.15) is 10.4 Å². The van der Waals surface area contributed by atoms with Gasteiger partial charge in [-0.15, -0.1) is 0 Å². The Morgan fingerprint density at radius 3 is 2.44 bits per heavy atom. The Morgan fingerprint density at radius 2 is 1.92 bits per heavy atom. The lowest BCUT2D eigenvalue weighted by Crippen LogP contribution is -2.49. The molecular formula is C17H20N4O3S. The number of hydrogen-bond donors (Lipinski definition) is 1. The normalized spacial score (nSPS) is 17.2. The van der Waals surface area contributed by atoms with Crippen LogP contribution in [0.15, 0.2) is 35.4 Å². The number of sulfonamides is 1. The maximum Gasteiger partial charge on any atom is 0.244 e. The molecule has 25 heavy (non-hydrogen) atoms. The van der Waals surface area contributed by atoms with Crippen molar-refractivity contribution in [2.45, 2.75) is 30.2 Å². The van der Waals surface area contributed by atoms with Crippen LogP contribution in [0.25, 0.3) is 0 Å². The average molecular weight is 360 g/mol. The lowest BCUT2D eigenvalue weighted by atomic mass is 9.83. The lowest BCUT2D eigenvalue weighted by molar-refractivity contribution is 0.0459. The van der Waals surface area contributed by atoms with E-state index in [1.54, 1.807) is 26.1 Å². The standard InChI is InChI=1S/C17H20N4O3S/c1-13-16(12-19-21(13)2)25(22,23)20-17(7-9-24-10-8-17)15-5-3-14(11-18)4-6-15/h3-6,12,20H,7-10H2,1-2H3. The van der Waals surface area contributed by atoms with Crippen LogP contribution in [0.3, 0.4) is 0 Å². The molecule has 1 aliphatic rings. The molecule has 0 spiro atoms. The van der Waals surface area contributed by atoms with Gasteiger partial charge in [0.15, 0.2) is 0 Å². The van der Waals surface area contributed by atoms with Gasteiger partial charge in [0.25, 0.3) is 0 Å². The molecule has 1 saturated heterocycles. The first-order valence-corrected chi connectivity index (χ1v) is 9.47. The zero-order valence-corrected chi connectivity index (χ0v) is 15.0. The molecule has 2 heterocycles. The number of benzene rings is 1. The zero-order chi connectivity index (χ0) is 18.1. The number of nitriles is 1. The van der Waals surface area contributed by atoms with E-state index in [9.17, 15) is 8.42 Å². The molecule has 0 saturated carbocycles. The molecule has 0 bridgehead atoms. The van der Waals surface area contributed by atoms with Crippen molar-refractivity contribution in [1.29, 1.82) is 5.26 Å². The summed E-state index contributed by atoms with van der Waals surface area (Å²) < 4.78 is 35.8. The predicted octanol–water partition coefficient (Wildman–Crippen LogP) is 1.58. The summed E-state index contributed by atoms with van der Waals surface area (Å²) in [5, 5.41) is 13.0. The quantitative estimate of drug-likeness (QED) is 0.893. The summed E-state index contributed by atoms with van der Waals surface area (Å²) in [5.41, 5.74) is 1.19. The second kappa shape index (κ2) is 6.59. The van der Waals surface area contributed by atoms with Gasteiger partial charge in [0.2, 0.25) is 10.0 Å². The monoisotopic (exact) mass is 360 g/mol. The van der Waals surface area contributed by atoms with E-state index in [4.69, 9.17) is 10.00 Å². The molecule has 1 aromatic heterocycles. The summed E-state index contributed by atoms with van der Waals surface area (Å²) in [6.07, 6.45) is 2.42. The number of aryl methyl sites for hydroxylation is 1. The number of nitrogens with zero attached hydrogens (tertiary/aromatic N) is 3. The van der Waals surface area contributed by atoms with Crippen molar-refractivity contribution in [2.75, 3.05) is 13.2 Å². The maximum atomic E-state index is 13.0. The molecule has 132 valence electrons. The van der Waals surface area contributed by atoms with Gasteiger partial charge < -0.3 is 4.74 Å². The van der Waals surface area contributed by atoms with Crippen LogP contribution in [-0.4, -0.2) is 31.4 Å². The summed E-state index contributed by atoms with van der Waals surface area (Å²) in [6, 6.07) is 9.10. The highest BCUT2D eigenvalue weighted by Gasteiger charge is 2.39. The molecule has 0 unspecified atom stereocenters. The molecule has 3 rings (SSSR count). The Morgan fingerprint density at radius 1 is 1.28 bits per heavy atom. The van der Waals surface area contributed by atoms with Crippen molar-refractivity contribution in [2.24, 2.45) is 7.05 Å². The third-order valence-corrected chi connectivity index (χ3v) is 6.36. The van der Waals surface area contributed by atoms with Gasteiger partial charge >= 0.3 is 0 Å². The summed E-state index contributed by atoms with van der Waals surface area (Å²) in [4.78, 5) is 0.175. The fraction of sp³-hybridized carbons (Fsp3) is 0.412. The van der Waals surface area contributed by atoms with Gasteiger partial charge in [-0.25, -0.2) is 13.1 Å². The molecule has 2 aromatic rings. The van der Waals surface area contributed by atoms with Crippen molar-refractivity contribution >= 4 is 10.0 Å². The van der Waals surface area contributed by atoms with E-state index in [0.29, 0.717) is 37.3 Å². The van der Waals surface area contributed by atoms with E-state index < -0.39 is 15.6 Å². The first kappa shape index (κ1) is 17.6. The first-order valence-electron chi connectivity index (χ1n) is 7.99. The molecule has 1 aliphatic heterocycles. The van der Waals surface area contributed by atoms with Gasteiger partial charge in [0, 0.05) is 20.3 Å². The highest BCUT2D eigenvalue weighted by Crippen LogP contribution is 2.34. The van der Waals surface area contributed by atoms with E-state index in [1.807, 2.05) is 12.1 Å². The van der Waals surface area contributed by atoms with Gasteiger partial charge in [-0.05, 0) is 37.5 Å². The van der Waals surface area contributed by atoms with Crippen LogP contribution in [0.4, 0.5) is 0 Å². The third kappa shape index (κ3) is 3.31. The minimum absolute atomic E-state index is 0.175. The smallest absolute Gasteiger partial charge is 0.244 e. The minimum atomic E-state index is -3.75. The zero-order valence-electron chi connectivity index (χ0n) is 14.2. The van der Waals surface area contributed by atoms with Crippen LogP contribution >= 0.6 is 0 Å². The Hall–Kier alpha value is -2.21. The Labute approximate surface area is 147 Å². The second-order valence-electron chi connectivity index (χ2n) is 6.21. The maximum absolute atomic E-state index is 13.0. The van der Waals surface area contributed by atoms with Gasteiger partial charge in [-0.1, -0.05) is 12.1 Å². The summed E-state index contributed by atoms with van der Waals surface area (Å²) in [5.74, 6) is 0. The fourth-order valence-electron chi connectivity index (χ4n) is 3.09. The minimum Gasteiger partial charge on any atom is -0.381 e. The number of hydrogen-bond acceptors (Lipinski definition) is 5. The van der Waals surface area contributed by atoms with Gasteiger partial charge in [0.1, 0.15) is 4.90 Å². The third-order valence-electron chi connectivity index (χ3n) is 4.72. The van der Waals surface area contributed by atoms with Crippen molar-refractivity contribution in [3.05, 3.63) is 47.3 Å². The number of nitrogens with one attached hydrogen (secondary N) is 1. The molecule has 1 fully saturated rings. The van der Waals surface area contributed by atoms with E-state index in [2.05, 4.69) is 15.9 Å². The van der Waals surface area contributed by atoms with E-state index >= 15 is 0 Å². The number of rotatable bonds is 4. The van der Waals surface area contributed by atoms with Crippen LogP contribution in [-0.2, 0) is 27.3 Å². The fourth-order valence-corrected chi connectivity index (χ4v) is 4.74. The molecule has 8 heteroatoms. The first-order chi connectivity index (χ1) is 11.9. The predicted molar refractivity (Wildman–Crippen MR) is 91.2 cm³/mol. The van der Waals surface area contributed by atoms with Crippen LogP contribution in [0.5, 0.6) is 0 Å². The summed E-state index contributed by atoms with van der Waals surface area (Å²) in [6.45, 7) is 2.66. The van der Waals surface area contributed by atoms with Crippen molar-refractivity contribution < 1.29 is 13.2 Å². The lowest BCUT2D eigenvalue weighted by Gasteiger charge is -2.38. The molecule has 0 aliphatic carbocycles.